The van der Waals surface area contributed by atoms with Gasteiger partial charge in [-0.25, -0.2) is 4.79 Å². The average Bonchev–Trinajstić information content (AvgIpc) is 2.64. The highest BCUT2D eigenvalue weighted by atomic mass is 79.9. The quantitative estimate of drug-likeness (QED) is 0.494. The van der Waals surface area contributed by atoms with Gasteiger partial charge in [-0.15, -0.1) is 0 Å². The first-order valence-electron chi connectivity index (χ1n) is 8.13. The SMILES string of the molecule is C=C(Br)C[C@@H](NC(=O)c1c2ccccc2cc2ccccc12)C(=O)OC. The Morgan fingerprint density at radius 3 is 2.12 bits per heavy atom. The van der Waals surface area contributed by atoms with Crippen LogP contribution < -0.4 is 5.32 Å². The Morgan fingerprint density at radius 1 is 1.08 bits per heavy atom. The highest BCUT2D eigenvalue weighted by Crippen LogP contribution is 2.28. The van der Waals surface area contributed by atoms with Crippen LogP contribution in [0.15, 0.2) is 65.7 Å². The molecule has 0 fully saturated rings. The number of carbonyl (C=O) groups excluding carboxylic acids is 2. The van der Waals surface area contributed by atoms with Crippen molar-refractivity contribution in [2.24, 2.45) is 0 Å². The summed E-state index contributed by atoms with van der Waals surface area (Å²) >= 11 is 3.24. The van der Waals surface area contributed by atoms with Crippen LogP contribution in [-0.2, 0) is 9.53 Å². The standard InChI is InChI=1S/C21H18BrNO3/c1-13(22)11-18(21(25)26-2)23-20(24)19-16-9-5-3-7-14(16)12-15-8-4-6-10-17(15)19/h3-10,12,18H,1,11H2,2H3,(H,23,24)/t18-/m1/s1. The summed E-state index contributed by atoms with van der Waals surface area (Å²) in [4.78, 5) is 25.2. The number of hydrogen-bond acceptors (Lipinski definition) is 3. The molecule has 0 unspecified atom stereocenters. The number of ether oxygens (including phenoxy) is 1. The summed E-state index contributed by atoms with van der Waals surface area (Å²) < 4.78 is 5.42. The summed E-state index contributed by atoms with van der Waals surface area (Å²) in [7, 11) is 1.30. The fourth-order valence-electron chi connectivity index (χ4n) is 3.05. The van der Waals surface area contributed by atoms with E-state index in [1.807, 2.05) is 48.5 Å². The highest BCUT2D eigenvalue weighted by molar-refractivity contribution is 9.11. The Balaban J connectivity index is 2.11. The molecule has 0 aliphatic rings. The van der Waals surface area contributed by atoms with Gasteiger partial charge in [0.1, 0.15) is 6.04 Å². The van der Waals surface area contributed by atoms with Crippen molar-refractivity contribution in [1.82, 2.24) is 5.32 Å². The van der Waals surface area contributed by atoms with E-state index >= 15 is 0 Å². The fourth-order valence-corrected chi connectivity index (χ4v) is 3.37. The molecular weight excluding hydrogens is 394 g/mol. The Bertz CT molecular complexity index is 958. The third kappa shape index (κ3) is 3.63. The molecule has 0 aliphatic carbocycles. The van der Waals surface area contributed by atoms with E-state index < -0.39 is 12.0 Å². The third-order valence-corrected chi connectivity index (χ3v) is 4.54. The van der Waals surface area contributed by atoms with Crippen LogP contribution in [0.3, 0.4) is 0 Å². The molecule has 26 heavy (non-hydrogen) atoms. The first kappa shape index (κ1) is 18.1. The van der Waals surface area contributed by atoms with E-state index in [-0.39, 0.29) is 12.3 Å². The normalized spacial score (nSPS) is 11.9. The Morgan fingerprint density at radius 2 is 1.62 bits per heavy atom. The van der Waals surface area contributed by atoms with E-state index in [0.29, 0.717) is 10.0 Å². The first-order valence-corrected chi connectivity index (χ1v) is 8.93. The predicted molar refractivity (Wildman–Crippen MR) is 107 cm³/mol. The summed E-state index contributed by atoms with van der Waals surface area (Å²) in [6.07, 6.45) is 0.251. The van der Waals surface area contributed by atoms with Gasteiger partial charge in [0.25, 0.3) is 5.91 Å². The molecule has 1 amide bonds. The van der Waals surface area contributed by atoms with Crippen LogP contribution in [0.5, 0.6) is 0 Å². The monoisotopic (exact) mass is 411 g/mol. The van der Waals surface area contributed by atoms with E-state index in [4.69, 9.17) is 4.74 Å². The molecule has 0 saturated carbocycles. The molecular formula is C21H18BrNO3. The second-order valence-electron chi connectivity index (χ2n) is 5.96. The van der Waals surface area contributed by atoms with Gasteiger partial charge in [0, 0.05) is 6.42 Å². The Hall–Kier alpha value is -2.66. The number of carbonyl (C=O) groups is 2. The molecule has 0 spiro atoms. The lowest BCUT2D eigenvalue weighted by molar-refractivity contribution is -0.142. The molecule has 0 saturated heterocycles. The van der Waals surface area contributed by atoms with Crippen LogP contribution in [0.1, 0.15) is 16.8 Å². The van der Waals surface area contributed by atoms with E-state index in [9.17, 15) is 9.59 Å². The predicted octanol–water partition coefficient (Wildman–Crippen LogP) is 4.56. The maximum absolute atomic E-state index is 13.1. The second kappa shape index (κ2) is 7.70. The van der Waals surface area contributed by atoms with Crippen LogP contribution in [0.25, 0.3) is 21.5 Å². The first-order chi connectivity index (χ1) is 12.5. The molecule has 5 heteroatoms. The minimum atomic E-state index is -0.808. The molecule has 1 atom stereocenters. The van der Waals surface area contributed by atoms with Crippen LogP contribution in [0.4, 0.5) is 0 Å². The van der Waals surface area contributed by atoms with Gasteiger partial charge in [-0.05, 0) is 32.1 Å². The number of benzene rings is 3. The van der Waals surface area contributed by atoms with Crippen molar-refractivity contribution in [3.63, 3.8) is 0 Å². The van der Waals surface area contributed by atoms with Crippen molar-refractivity contribution < 1.29 is 14.3 Å². The number of amides is 1. The smallest absolute Gasteiger partial charge is 0.328 e. The van der Waals surface area contributed by atoms with Gasteiger partial charge in [-0.2, -0.15) is 0 Å². The van der Waals surface area contributed by atoms with E-state index in [0.717, 1.165) is 21.5 Å². The largest absolute Gasteiger partial charge is 0.467 e. The fraction of sp³-hybridized carbons (Fsp3) is 0.143. The topological polar surface area (TPSA) is 55.4 Å². The third-order valence-electron chi connectivity index (χ3n) is 4.21. The van der Waals surface area contributed by atoms with Crippen molar-refractivity contribution in [1.29, 1.82) is 0 Å². The summed E-state index contributed by atoms with van der Waals surface area (Å²) in [5.41, 5.74) is 0.549. The highest BCUT2D eigenvalue weighted by Gasteiger charge is 2.24. The van der Waals surface area contributed by atoms with Crippen LogP contribution in [0, 0.1) is 0 Å². The molecule has 132 valence electrons. The summed E-state index contributed by atoms with van der Waals surface area (Å²) in [5.74, 6) is -0.828. The molecule has 3 aromatic rings. The van der Waals surface area contributed by atoms with E-state index in [1.165, 1.54) is 7.11 Å². The molecule has 0 aromatic heterocycles. The van der Waals surface area contributed by atoms with Crippen molar-refractivity contribution in [2.45, 2.75) is 12.5 Å². The van der Waals surface area contributed by atoms with Crippen LogP contribution in [-0.4, -0.2) is 25.0 Å². The van der Waals surface area contributed by atoms with Crippen LogP contribution in [0.2, 0.25) is 0 Å². The number of methoxy groups -OCH3 is 1. The number of esters is 1. The number of nitrogens with one attached hydrogen (secondary N) is 1. The minimum absolute atomic E-state index is 0.251. The number of fused-ring (bicyclic) bond motifs is 2. The molecule has 0 aliphatic heterocycles. The molecule has 3 aromatic carbocycles. The van der Waals surface area contributed by atoms with Gasteiger partial charge in [0.2, 0.25) is 0 Å². The average molecular weight is 412 g/mol. The van der Waals surface area contributed by atoms with Gasteiger partial charge < -0.3 is 10.1 Å². The number of hydrogen-bond donors (Lipinski definition) is 1. The molecule has 0 heterocycles. The summed E-state index contributed by atoms with van der Waals surface area (Å²) in [6, 6.07) is 16.7. The lowest BCUT2D eigenvalue weighted by Crippen LogP contribution is -2.41. The zero-order chi connectivity index (χ0) is 18.7. The van der Waals surface area contributed by atoms with Gasteiger partial charge in [0.05, 0.1) is 12.7 Å². The Kier molecular flexibility index (Phi) is 5.38. The molecule has 4 nitrogen and oxygen atoms in total. The number of halogens is 1. The van der Waals surface area contributed by atoms with Gasteiger partial charge >= 0.3 is 5.97 Å². The van der Waals surface area contributed by atoms with Crippen molar-refractivity contribution >= 4 is 49.4 Å². The summed E-state index contributed by atoms with van der Waals surface area (Å²) in [6.45, 7) is 3.75. The maximum atomic E-state index is 13.1. The minimum Gasteiger partial charge on any atom is -0.467 e. The maximum Gasteiger partial charge on any atom is 0.328 e. The van der Waals surface area contributed by atoms with Crippen molar-refractivity contribution in [3.8, 4) is 0 Å². The molecule has 3 rings (SSSR count). The second-order valence-corrected chi connectivity index (χ2v) is 7.09. The summed E-state index contributed by atoms with van der Waals surface area (Å²) in [5, 5.41) is 6.41. The lowest BCUT2D eigenvalue weighted by Gasteiger charge is -2.18. The van der Waals surface area contributed by atoms with Crippen molar-refractivity contribution in [3.05, 3.63) is 71.2 Å². The van der Waals surface area contributed by atoms with Gasteiger partial charge in [-0.3, -0.25) is 4.79 Å². The lowest BCUT2D eigenvalue weighted by atomic mass is 9.96. The van der Waals surface area contributed by atoms with Gasteiger partial charge in [0.15, 0.2) is 0 Å². The molecule has 0 radical (unpaired) electrons. The molecule has 1 N–H and O–H groups in total. The number of rotatable bonds is 5. The van der Waals surface area contributed by atoms with Crippen LogP contribution >= 0.6 is 15.9 Å². The Labute approximate surface area is 160 Å². The van der Waals surface area contributed by atoms with E-state index in [1.54, 1.807) is 0 Å². The van der Waals surface area contributed by atoms with Gasteiger partial charge in [-0.1, -0.05) is 71.0 Å². The van der Waals surface area contributed by atoms with Crippen molar-refractivity contribution in [2.75, 3.05) is 7.11 Å². The zero-order valence-corrected chi connectivity index (χ0v) is 15.9. The van der Waals surface area contributed by atoms with E-state index in [2.05, 4.69) is 33.9 Å². The zero-order valence-electron chi connectivity index (χ0n) is 14.3. The molecule has 0 bridgehead atoms.